The SMILES string of the molecule is CCCCCCCCOc1cccc(C(=O)Nc2ccc(C(=O)OCC[N+](C)(CC)CC)cc2)c1. The van der Waals surface area contributed by atoms with Crippen LogP contribution >= 0.6 is 0 Å². The van der Waals surface area contributed by atoms with Crippen LogP contribution in [0.25, 0.3) is 0 Å². The standard InChI is InChI=1S/C29H42N2O4/c1-5-8-9-10-11-12-21-34-27-15-13-14-25(23-27)28(32)30-26-18-16-24(17-19-26)29(33)35-22-20-31(4,6-2)7-3/h13-19,23H,5-12,20-22H2,1-4H3/p+1. The van der Waals surface area contributed by atoms with Crippen molar-refractivity contribution < 1.29 is 23.5 Å². The van der Waals surface area contributed by atoms with E-state index in [4.69, 9.17) is 9.47 Å². The van der Waals surface area contributed by atoms with E-state index in [-0.39, 0.29) is 11.9 Å². The van der Waals surface area contributed by atoms with Gasteiger partial charge < -0.3 is 19.3 Å². The number of rotatable bonds is 16. The minimum atomic E-state index is -0.350. The van der Waals surface area contributed by atoms with Gasteiger partial charge in [-0.15, -0.1) is 0 Å². The third-order valence-electron chi connectivity index (χ3n) is 6.63. The molecule has 0 fully saturated rings. The average Bonchev–Trinajstić information content (AvgIpc) is 2.88. The van der Waals surface area contributed by atoms with Gasteiger partial charge in [0.05, 0.1) is 32.3 Å². The Balaban J connectivity index is 1.81. The second-order valence-electron chi connectivity index (χ2n) is 9.29. The van der Waals surface area contributed by atoms with Crippen molar-refractivity contribution in [3.05, 3.63) is 59.7 Å². The summed E-state index contributed by atoms with van der Waals surface area (Å²) in [6, 6.07) is 14.0. The summed E-state index contributed by atoms with van der Waals surface area (Å²) in [6.07, 6.45) is 7.25. The first-order chi connectivity index (χ1) is 16.9. The van der Waals surface area contributed by atoms with Crippen LogP contribution < -0.4 is 10.1 Å². The van der Waals surface area contributed by atoms with E-state index in [0.29, 0.717) is 35.8 Å². The summed E-state index contributed by atoms with van der Waals surface area (Å²) >= 11 is 0. The molecule has 192 valence electrons. The Kier molecular flexibility index (Phi) is 12.3. The molecule has 2 rings (SSSR count). The Hall–Kier alpha value is -2.86. The number of unbranched alkanes of at least 4 members (excludes halogenated alkanes) is 5. The summed E-state index contributed by atoms with van der Waals surface area (Å²) in [4.78, 5) is 25.0. The first-order valence-electron chi connectivity index (χ1n) is 13.1. The van der Waals surface area contributed by atoms with Crippen LogP contribution in [0.4, 0.5) is 5.69 Å². The maximum atomic E-state index is 12.7. The van der Waals surface area contributed by atoms with E-state index in [2.05, 4.69) is 33.1 Å². The van der Waals surface area contributed by atoms with Crippen LogP contribution in [0.1, 0.15) is 80.0 Å². The number of carbonyl (C=O) groups excluding carboxylic acids is 2. The second-order valence-corrected chi connectivity index (χ2v) is 9.29. The fourth-order valence-electron chi connectivity index (χ4n) is 3.67. The van der Waals surface area contributed by atoms with E-state index >= 15 is 0 Å². The van der Waals surface area contributed by atoms with Crippen LogP contribution in [0, 0.1) is 0 Å². The van der Waals surface area contributed by atoms with Gasteiger partial charge >= 0.3 is 5.97 Å². The molecular formula is C29H43N2O4+. The lowest BCUT2D eigenvalue weighted by Gasteiger charge is -2.31. The van der Waals surface area contributed by atoms with Crippen molar-refractivity contribution in [1.82, 2.24) is 0 Å². The summed E-state index contributed by atoms with van der Waals surface area (Å²) in [5.41, 5.74) is 1.61. The van der Waals surface area contributed by atoms with Crippen LogP contribution in [0.2, 0.25) is 0 Å². The van der Waals surface area contributed by atoms with Gasteiger partial charge in [0.25, 0.3) is 5.91 Å². The molecule has 0 spiro atoms. The van der Waals surface area contributed by atoms with E-state index in [1.807, 2.05) is 12.1 Å². The molecule has 0 aliphatic carbocycles. The van der Waals surface area contributed by atoms with Crippen LogP contribution in [-0.2, 0) is 4.74 Å². The number of ether oxygens (including phenoxy) is 2. The summed E-state index contributed by atoms with van der Waals surface area (Å²) in [6.45, 7) is 10.3. The van der Waals surface area contributed by atoms with Crippen molar-refractivity contribution in [3.8, 4) is 5.75 Å². The van der Waals surface area contributed by atoms with E-state index in [1.165, 1.54) is 32.1 Å². The number of anilines is 1. The van der Waals surface area contributed by atoms with E-state index in [0.717, 1.165) is 30.5 Å². The van der Waals surface area contributed by atoms with Gasteiger partial charge in [-0.1, -0.05) is 45.1 Å². The molecule has 0 unspecified atom stereocenters. The molecule has 0 aliphatic rings. The molecule has 1 amide bonds. The maximum Gasteiger partial charge on any atom is 0.338 e. The van der Waals surface area contributed by atoms with Gasteiger partial charge in [-0.2, -0.15) is 0 Å². The highest BCUT2D eigenvalue weighted by Crippen LogP contribution is 2.17. The molecular weight excluding hydrogens is 440 g/mol. The first kappa shape index (κ1) is 28.4. The molecule has 6 heteroatoms. The van der Waals surface area contributed by atoms with Crippen molar-refractivity contribution >= 4 is 17.6 Å². The molecule has 2 aromatic carbocycles. The number of likely N-dealkylation sites (N-methyl/N-ethyl adjacent to an activating group) is 1. The molecule has 0 aliphatic heterocycles. The molecule has 0 aromatic heterocycles. The summed E-state index contributed by atoms with van der Waals surface area (Å²) < 4.78 is 12.1. The quantitative estimate of drug-likeness (QED) is 0.172. The number of nitrogens with zero attached hydrogens (tertiary/aromatic N) is 1. The number of quaternary nitrogens is 1. The summed E-state index contributed by atoms with van der Waals surface area (Å²) in [5, 5.41) is 2.88. The predicted molar refractivity (Wildman–Crippen MR) is 142 cm³/mol. The lowest BCUT2D eigenvalue weighted by Crippen LogP contribution is -2.46. The number of hydrogen-bond donors (Lipinski definition) is 1. The molecule has 0 saturated heterocycles. The second kappa shape index (κ2) is 15.2. The first-order valence-corrected chi connectivity index (χ1v) is 13.1. The van der Waals surface area contributed by atoms with Gasteiger partial charge in [0.15, 0.2) is 0 Å². The zero-order valence-corrected chi connectivity index (χ0v) is 22.0. The van der Waals surface area contributed by atoms with Crippen molar-refractivity contribution in [3.63, 3.8) is 0 Å². The Morgan fingerprint density at radius 2 is 1.51 bits per heavy atom. The highest BCUT2D eigenvalue weighted by molar-refractivity contribution is 6.04. The van der Waals surface area contributed by atoms with Crippen molar-refractivity contribution in [1.29, 1.82) is 0 Å². The Bertz CT molecular complexity index is 907. The number of hydrogen-bond acceptors (Lipinski definition) is 4. The fourth-order valence-corrected chi connectivity index (χ4v) is 3.67. The largest absolute Gasteiger partial charge is 0.494 e. The molecule has 2 aromatic rings. The Morgan fingerprint density at radius 1 is 0.829 bits per heavy atom. The molecule has 1 N–H and O–H groups in total. The average molecular weight is 484 g/mol. The molecule has 0 saturated carbocycles. The van der Waals surface area contributed by atoms with Crippen LogP contribution in [0.5, 0.6) is 5.75 Å². The number of benzene rings is 2. The molecule has 0 atom stereocenters. The van der Waals surface area contributed by atoms with E-state index in [9.17, 15) is 9.59 Å². The Labute approximate surface area is 211 Å². The van der Waals surface area contributed by atoms with Gasteiger partial charge in [0.2, 0.25) is 0 Å². The van der Waals surface area contributed by atoms with Crippen LogP contribution in [0.3, 0.4) is 0 Å². The molecule has 6 nitrogen and oxygen atoms in total. The molecule has 0 bridgehead atoms. The van der Waals surface area contributed by atoms with Crippen LogP contribution in [0.15, 0.2) is 48.5 Å². The molecule has 0 radical (unpaired) electrons. The van der Waals surface area contributed by atoms with Crippen molar-refractivity contribution in [2.75, 3.05) is 45.2 Å². The van der Waals surface area contributed by atoms with Crippen molar-refractivity contribution in [2.45, 2.75) is 59.3 Å². The summed E-state index contributed by atoms with van der Waals surface area (Å²) in [7, 11) is 2.16. The van der Waals surface area contributed by atoms with Crippen LogP contribution in [-0.4, -0.2) is 56.3 Å². The van der Waals surface area contributed by atoms with Gasteiger partial charge in [-0.3, -0.25) is 4.79 Å². The highest BCUT2D eigenvalue weighted by Gasteiger charge is 2.17. The Morgan fingerprint density at radius 3 is 2.20 bits per heavy atom. The van der Waals surface area contributed by atoms with Gasteiger partial charge in [-0.05, 0) is 62.7 Å². The summed E-state index contributed by atoms with van der Waals surface area (Å²) in [5.74, 6) is 0.128. The van der Waals surface area contributed by atoms with Gasteiger partial charge in [0, 0.05) is 11.3 Å². The monoisotopic (exact) mass is 483 g/mol. The highest BCUT2D eigenvalue weighted by atomic mass is 16.5. The van der Waals surface area contributed by atoms with E-state index in [1.54, 1.807) is 36.4 Å². The van der Waals surface area contributed by atoms with Crippen molar-refractivity contribution in [2.24, 2.45) is 0 Å². The lowest BCUT2D eigenvalue weighted by atomic mass is 10.1. The zero-order valence-electron chi connectivity index (χ0n) is 22.0. The normalized spacial score (nSPS) is 11.2. The minimum Gasteiger partial charge on any atom is -0.494 e. The minimum absolute atomic E-state index is 0.221. The fraction of sp³-hybridized carbons (Fsp3) is 0.517. The number of carbonyl (C=O) groups is 2. The third kappa shape index (κ3) is 10.1. The molecule has 35 heavy (non-hydrogen) atoms. The molecule has 0 heterocycles. The third-order valence-corrected chi connectivity index (χ3v) is 6.63. The van der Waals surface area contributed by atoms with Gasteiger partial charge in [-0.25, -0.2) is 4.79 Å². The smallest absolute Gasteiger partial charge is 0.338 e. The maximum absolute atomic E-state index is 12.7. The van der Waals surface area contributed by atoms with E-state index < -0.39 is 0 Å². The lowest BCUT2D eigenvalue weighted by molar-refractivity contribution is -0.906. The number of nitrogens with one attached hydrogen (secondary N) is 1. The zero-order chi connectivity index (χ0) is 25.5. The number of amides is 1. The topological polar surface area (TPSA) is 64.6 Å². The number of esters is 1. The van der Waals surface area contributed by atoms with Gasteiger partial charge in [0.1, 0.15) is 18.9 Å². The predicted octanol–water partition coefficient (Wildman–Crippen LogP) is 6.32.